The number of methoxy groups -OCH3 is 2. The van der Waals surface area contributed by atoms with Crippen molar-refractivity contribution in [3.05, 3.63) is 35.9 Å². The van der Waals surface area contributed by atoms with Crippen molar-refractivity contribution < 1.29 is 24.2 Å². The lowest BCUT2D eigenvalue weighted by Gasteiger charge is -2.26. The Labute approximate surface area is 141 Å². The van der Waals surface area contributed by atoms with Gasteiger partial charge in [0.1, 0.15) is 11.5 Å². The number of carboxylic acids is 1. The van der Waals surface area contributed by atoms with Gasteiger partial charge in [-0.2, -0.15) is 0 Å². The molecule has 0 saturated heterocycles. The number of aliphatic carboxylic acids is 1. The highest BCUT2D eigenvalue weighted by atomic mass is 16.5. The Morgan fingerprint density at radius 3 is 2.42 bits per heavy atom. The Balaban J connectivity index is 2.14. The van der Waals surface area contributed by atoms with E-state index in [0.29, 0.717) is 24.3 Å². The molecule has 2 N–H and O–H groups in total. The molecule has 6 heteroatoms. The van der Waals surface area contributed by atoms with Crippen molar-refractivity contribution in [1.82, 2.24) is 5.32 Å². The number of nitrogens with one attached hydrogen (secondary N) is 1. The fourth-order valence-corrected chi connectivity index (χ4v) is 2.95. The van der Waals surface area contributed by atoms with Crippen LogP contribution in [0.4, 0.5) is 0 Å². The van der Waals surface area contributed by atoms with Gasteiger partial charge >= 0.3 is 5.97 Å². The van der Waals surface area contributed by atoms with E-state index >= 15 is 0 Å². The molecule has 0 heterocycles. The molecule has 0 aromatic heterocycles. The number of ether oxygens (including phenoxy) is 2. The van der Waals surface area contributed by atoms with Crippen molar-refractivity contribution in [1.29, 1.82) is 0 Å². The number of hydrogen-bond donors (Lipinski definition) is 2. The number of hydrogen-bond acceptors (Lipinski definition) is 4. The van der Waals surface area contributed by atoms with Crippen LogP contribution in [0.5, 0.6) is 11.5 Å². The Bertz CT molecular complexity index is 640. The van der Waals surface area contributed by atoms with Crippen LogP contribution in [0.3, 0.4) is 0 Å². The highest BCUT2D eigenvalue weighted by Crippen LogP contribution is 2.31. The minimum Gasteiger partial charge on any atom is -0.497 e. The zero-order valence-electron chi connectivity index (χ0n) is 14.1. The van der Waals surface area contributed by atoms with Crippen LogP contribution >= 0.6 is 0 Å². The lowest BCUT2D eigenvalue weighted by atomic mass is 9.82. The van der Waals surface area contributed by atoms with Crippen LogP contribution in [0.25, 0.3) is 0 Å². The average Bonchev–Trinajstić information content (AvgIpc) is 2.60. The third-order valence-corrected chi connectivity index (χ3v) is 4.35. The number of carbonyl (C=O) groups excluding carboxylic acids is 1. The van der Waals surface area contributed by atoms with Crippen molar-refractivity contribution in [2.75, 3.05) is 14.2 Å². The lowest BCUT2D eigenvalue weighted by molar-refractivity contribution is -0.147. The summed E-state index contributed by atoms with van der Waals surface area (Å²) in [5.74, 6) is -1.15. The Morgan fingerprint density at radius 1 is 1.17 bits per heavy atom. The molecule has 1 aliphatic carbocycles. The van der Waals surface area contributed by atoms with E-state index in [0.717, 1.165) is 5.56 Å². The fraction of sp³-hybridized carbons (Fsp3) is 0.444. The molecule has 1 aromatic carbocycles. The maximum absolute atomic E-state index is 12.5. The molecule has 0 radical (unpaired) electrons. The zero-order chi connectivity index (χ0) is 17.7. The van der Waals surface area contributed by atoms with Gasteiger partial charge in [-0.1, -0.05) is 12.2 Å². The summed E-state index contributed by atoms with van der Waals surface area (Å²) in [4.78, 5) is 23.9. The number of rotatable bonds is 6. The molecule has 0 bridgehead atoms. The minimum absolute atomic E-state index is 0.253. The van der Waals surface area contributed by atoms with Crippen LogP contribution in [-0.4, -0.2) is 31.2 Å². The Morgan fingerprint density at radius 2 is 1.83 bits per heavy atom. The zero-order valence-corrected chi connectivity index (χ0v) is 14.1. The number of carboxylic acid groups (broad SMARTS) is 1. The van der Waals surface area contributed by atoms with E-state index in [-0.39, 0.29) is 11.9 Å². The van der Waals surface area contributed by atoms with Crippen LogP contribution < -0.4 is 14.8 Å². The number of benzene rings is 1. The molecule has 0 spiro atoms. The van der Waals surface area contributed by atoms with E-state index in [4.69, 9.17) is 9.47 Å². The molecule has 130 valence electrons. The average molecular weight is 333 g/mol. The first-order valence-electron chi connectivity index (χ1n) is 7.88. The maximum atomic E-state index is 12.5. The van der Waals surface area contributed by atoms with Gasteiger partial charge in [-0.05, 0) is 31.9 Å². The maximum Gasteiger partial charge on any atom is 0.307 e. The summed E-state index contributed by atoms with van der Waals surface area (Å²) in [5, 5.41) is 12.2. The van der Waals surface area contributed by atoms with Gasteiger partial charge in [-0.3, -0.25) is 9.59 Å². The van der Waals surface area contributed by atoms with Crippen LogP contribution in [0, 0.1) is 11.8 Å². The van der Waals surface area contributed by atoms with Gasteiger partial charge in [-0.25, -0.2) is 0 Å². The monoisotopic (exact) mass is 333 g/mol. The molecule has 0 aliphatic heterocycles. The van der Waals surface area contributed by atoms with Crippen molar-refractivity contribution in [2.45, 2.75) is 25.8 Å². The first-order valence-corrected chi connectivity index (χ1v) is 7.88. The van der Waals surface area contributed by atoms with Gasteiger partial charge in [-0.15, -0.1) is 0 Å². The van der Waals surface area contributed by atoms with E-state index < -0.39 is 17.8 Å². The van der Waals surface area contributed by atoms with Crippen molar-refractivity contribution in [3.8, 4) is 11.5 Å². The van der Waals surface area contributed by atoms with Crippen LogP contribution in [0.15, 0.2) is 30.4 Å². The third-order valence-electron chi connectivity index (χ3n) is 4.35. The van der Waals surface area contributed by atoms with E-state index in [1.54, 1.807) is 26.4 Å². The first-order chi connectivity index (χ1) is 11.5. The van der Waals surface area contributed by atoms with Crippen LogP contribution in [0.2, 0.25) is 0 Å². The Hall–Kier alpha value is -2.50. The molecular formula is C18H23NO5. The topological polar surface area (TPSA) is 84.9 Å². The van der Waals surface area contributed by atoms with Crippen molar-refractivity contribution in [3.63, 3.8) is 0 Å². The van der Waals surface area contributed by atoms with Gasteiger partial charge < -0.3 is 19.9 Å². The minimum atomic E-state index is -0.936. The summed E-state index contributed by atoms with van der Waals surface area (Å²) in [6.07, 6.45) is 4.50. The summed E-state index contributed by atoms with van der Waals surface area (Å²) in [6.45, 7) is 1.84. The summed E-state index contributed by atoms with van der Waals surface area (Å²) < 4.78 is 10.5. The molecule has 3 unspecified atom stereocenters. The van der Waals surface area contributed by atoms with E-state index in [9.17, 15) is 14.7 Å². The van der Waals surface area contributed by atoms with Crippen molar-refractivity contribution in [2.24, 2.45) is 11.8 Å². The molecule has 1 aromatic rings. The molecule has 2 rings (SSSR count). The molecule has 6 nitrogen and oxygen atoms in total. The predicted octanol–water partition coefficient (Wildman–Crippen LogP) is 2.55. The highest BCUT2D eigenvalue weighted by Gasteiger charge is 2.34. The molecule has 24 heavy (non-hydrogen) atoms. The predicted molar refractivity (Wildman–Crippen MR) is 89.1 cm³/mol. The quantitative estimate of drug-likeness (QED) is 0.782. The number of allylic oxidation sites excluding steroid dienone is 2. The molecule has 0 fully saturated rings. The standard InChI is InChI=1S/C18H23NO5/c1-11(13-9-8-12(23-2)10-16(13)24-3)19-17(20)14-6-4-5-7-15(14)18(21)22/h4-5,8-11,14-15H,6-7H2,1-3H3,(H,19,20)(H,21,22). The van der Waals surface area contributed by atoms with Gasteiger partial charge in [0.05, 0.1) is 32.1 Å². The molecular weight excluding hydrogens is 310 g/mol. The normalized spacial score (nSPS) is 21.0. The van der Waals surface area contributed by atoms with Gasteiger partial charge in [0, 0.05) is 11.6 Å². The van der Waals surface area contributed by atoms with Crippen LogP contribution in [0.1, 0.15) is 31.4 Å². The van der Waals surface area contributed by atoms with Gasteiger partial charge in [0.15, 0.2) is 0 Å². The van der Waals surface area contributed by atoms with Gasteiger partial charge in [0.25, 0.3) is 0 Å². The summed E-state index contributed by atoms with van der Waals surface area (Å²) in [5.41, 5.74) is 0.810. The molecule has 1 aliphatic rings. The second kappa shape index (κ2) is 7.86. The fourth-order valence-electron chi connectivity index (χ4n) is 2.95. The summed E-state index contributed by atoms with van der Waals surface area (Å²) in [7, 11) is 3.13. The Kier molecular flexibility index (Phi) is 5.84. The third kappa shape index (κ3) is 3.88. The highest BCUT2D eigenvalue weighted by molar-refractivity contribution is 5.85. The van der Waals surface area contributed by atoms with E-state index in [2.05, 4.69) is 5.32 Å². The van der Waals surface area contributed by atoms with Crippen LogP contribution in [-0.2, 0) is 9.59 Å². The lowest BCUT2D eigenvalue weighted by Crippen LogP contribution is -2.39. The largest absolute Gasteiger partial charge is 0.497 e. The van der Waals surface area contributed by atoms with E-state index in [1.165, 1.54) is 0 Å². The van der Waals surface area contributed by atoms with Gasteiger partial charge in [0.2, 0.25) is 5.91 Å². The molecule has 0 saturated carbocycles. The second-order valence-electron chi connectivity index (χ2n) is 5.83. The number of amides is 1. The number of carbonyl (C=O) groups is 2. The van der Waals surface area contributed by atoms with E-state index in [1.807, 2.05) is 25.1 Å². The second-order valence-corrected chi connectivity index (χ2v) is 5.83. The summed E-state index contributed by atoms with van der Waals surface area (Å²) in [6, 6.07) is 5.07. The molecule has 1 amide bonds. The smallest absolute Gasteiger partial charge is 0.307 e. The molecule has 3 atom stereocenters. The first kappa shape index (κ1) is 17.8. The summed E-state index contributed by atoms with van der Waals surface area (Å²) >= 11 is 0. The van der Waals surface area contributed by atoms with Crippen molar-refractivity contribution >= 4 is 11.9 Å². The SMILES string of the molecule is COc1ccc(C(C)NC(=O)C2CC=CCC2C(=O)O)c(OC)c1.